The van der Waals surface area contributed by atoms with Crippen molar-refractivity contribution in [2.75, 3.05) is 13.2 Å². The summed E-state index contributed by atoms with van der Waals surface area (Å²) in [5, 5.41) is 3.66. The van der Waals surface area contributed by atoms with Gasteiger partial charge in [-0.1, -0.05) is 0 Å². The minimum atomic E-state index is -0.519. The molecule has 120 valence electrons. The third kappa shape index (κ3) is 3.83. The molecule has 21 heavy (non-hydrogen) atoms. The van der Waals surface area contributed by atoms with Crippen LogP contribution >= 0.6 is 0 Å². The van der Waals surface area contributed by atoms with E-state index in [0.717, 1.165) is 45.3 Å². The lowest BCUT2D eigenvalue weighted by atomic mass is 9.77. The van der Waals surface area contributed by atoms with Gasteiger partial charge in [0.25, 0.3) is 0 Å². The molecule has 1 aliphatic heterocycles. The van der Waals surface area contributed by atoms with Crippen molar-refractivity contribution in [1.29, 1.82) is 0 Å². The molecule has 0 amide bonds. The Hall–Kier alpha value is -0.940. The zero-order chi connectivity index (χ0) is 15.5. The molecule has 0 spiro atoms. The Bertz CT molecular complexity index is 392. The Morgan fingerprint density at radius 1 is 1.19 bits per heavy atom. The number of nitrogens with one attached hydrogen (secondary N) is 1. The van der Waals surface area contributed by atoms with Crippen molar-refractivity contribution in [1.82, 2.24) is 5.32 Å². The quantitative estimate of drug-likeness (QED) is 0.784. The summed E-state index contributed by atoms with van der Waals surface area (Å²) in [5.41, 5.74) is -0.519. The molecule has 0 radical (unpaired) electrons. The summed E-state index contributed by atoms with van der Waals surface area (Å²) < 4.78 is 10.7. The average Bonchev–Trinajstić information content (AvgIpc) is 2.84. The molecule has 2 rings (SSSR count). The smallest absolute Gasteiger partial charge is 0.302 e. The number of carbonyl (C=O) groups is 2. The van der Waals surface area contributed by atoms with Gasteiger partial charge < -0.3 is 14.8 Å². The second-order valence-corrected chi connectivity index (χ2v) is 6.46. The lowest BCUT2D eigenvalue weighted by Crippen LogP contribution is -2.44. The molecule has 0 unspecified atom stereocenters. The average molecular weight is 297 g/mol. The van der Waals surface area contributed by atoms with Crippen LogP contribution in [-0.4, -0.2) is 43.2 Å². The van der Waals surface area contributed by atoms with Crippen molar-refractivity contribution in [3.05, 3.63) is 0 Å². The molecule has 1 heterocycles. The van der Waals surface area contributed by atoms with E-state index in [-0.39, 0.29) is 17.9 Å². The van der Waals surface area contributed by atoms with Gasteiger partial charge in [-0.3, -0.25) is 9.59 Å². The van der Waals surface area contributed by atoms with Gasteiger partial charge in [0.2, 0.25) is 0 Å². The van der Waals surface area contributed by atoms with Gasteiger partial charge in [-0.2, -0.15) is 0 Å². The summed E-state index contributed by atoms with van der Waals surface area (Å²) >= 11 is 0. The first-order valence-electron chi connectivity index (χ1n) is 7.96. The normalized spacial score (nSPS) is 31.9. The monoisotopic (exact) mass is 297 g/mol. The number of ether oxygens (including phenoxy) is 2. The fourth-order valence-electron chi connectivity index (χ4n) is 3.75. The molecular formula is C16H27NO4. The summed E-state index contributed by atoms with van der Waals surface area (Å²) in [6.07, 6.45) is 4.22. The zero-order valence-corrected chi connectivity index (χ0v) is 13.3. The summed E-state index contributed by atoms with van der Waals surface area (Å²) in [6.45, 7) is 6.49. The molecule has 0 aromatic carbocycles. The van der Waals surface area contributed by atoms with E-state index in [0.29, 0.717) is 12.1 Å². The third-order valence-electron chi connectivity index (χ3n) is 5.06. The van der Waals surface area contributed by atoms with Crippen LogP contribution in [0, 0.1) is 5.41 Å². The summed E-state index contributed by atoms with van der Waals surface area (Å²) in [6, 6.07) is 0.811. The maximum atomic E-state index is 12.2. The van der Waals surface area contributed by atoms with Crippen LogP contribution in [0.4, 0.5) is 0 Å². The Labute approximate surface area is 126 Å². The van der Waals surface area contributed by atoms with Crippen LogP contribution in [0.3, 0.4) is 0 Å². The van der Waals surface area contributed by atoms with Gasteiger partial charge in [-0.15, -0.1) is 0 Å². The topological polar surface area (TPSA) is 64.6 Å². The molecule has 1 saturated carbocycles. The fraction of sp³-hybridized carbons (Fsp3) is 0.875. The standard InChI is InChI=1S/C16H27NO4/c1-11(18)16(12(2)21-13(3)19)7-4-15(10-16)17-14-5-8-20-9-6-14/h12,14-15,17H,4-10H2,1-3H3/t12-,15-,16-/m1/s1. The molecule has 3 atom stereocenters. The first-order valence-corrected chi connectivity index (χ1v) is 7.96. The number of hydrogen-bond donors (Lipinski definition) is 1. The molecule has 5 nitrogen and oxygen atoms in total. The van der Waals surface area contributed by atoms with Gasteiger partial charge in [0.05, 0.1) is 5.41 Å². The van der Waals surface area contributed by atoms with Gasteiger partial charge in [0.15, 0.2) is 0 Å². The lowest BCUT2D eigenvalue weighted by Gasteiger charge is -2.33. The van der Waals surface area contributed by atoms with E-state index < -0.39 is 5.41 Å². The Morgan fingerprint density at radius 2 is 1.86 bits per heavy atom. The van der Waals surface area contributed by atoms with Crippen molar-refractivity contribution in [2.24, 2.45) is 5.41 Å². The number of ketones is 1. The minimum Gasteiger partial charge on any atom is -0.462 e. The van der Waals surface area contributed by atoms with Gasteiger partial charge in [-0.25, -0.2) is 0 Å². The van der Waals surface area contributed by atoms with Crippen LogP contribution in [0.25, 0.3) is 0 Å². The molecule has 2 fully saturated rings. The predicted octanol–water partition coefficient (Wildman–Crippen LogP) is 1.83. The highest BCUT2D eigenvalue weighted by Crippen LogP contribution is 2.43. The number of esters is 1. The van der Waals surface area contributed by atoms with Crippen LogP contribution < -0.4 is 5.32 Å². The highest BCUT2D eigenvalue weighted by molar-refractivity contribution is 5.84. The minimum absolute atomic E-state index is 0.132. The third-order valence-corrected chi connectivity index (χ3v) is 5.06. The van der Waals surface area contributed by atoms with Crippen molar-refractivity contribution < 1.29 is 19.1 Å². The number of carbonyl (C=O) groups excluding carboxylic acids is 2. The number of hydrogen-bond acceptors (Lipinski definition) is 5. The SMILES string of the molecule is CC(=O)O[C@H](C)[C@]1(C(C)=O)CC[C@@H](NC2CCOCC2)C1. The molecule has 1 N–H and O–H groups in total. The van der Waals surface area contributed by atoms with E-state index in [2.05, 4.69) is 5.32 Å². The molecule has 1 aliphatic carbocycles. The van der Waals surface area contributed by atoms with Crippen LogP contribution in [-0.2, 0) is 19.1 Å². The first kappa shape index (κ1) is 16.4. The second-order valence-electron chi connectivity index (χ2n) is 6.46. The zero-order valence-electron chi connectivity index (χ0n) is 13.3. The molecule has 5 heteroatoms. The van der Waals surface area contributed by atoms with Crippen LogP contribution in [0.1, 0.15) is 52.9 Å². The van der Waals surface area contributed by atoms with E-state index in [1.165, 1.54) is 6.92 Å². The number of Topliss-reactive ketones (excluding diaryl/α,β-unsaturated/α-hetero) is 1. The van der Waals surface area contributed by atoms with E-state index in [1.807, 2.05) is 6.92 Å². The second kappa shape index (κ2) is 6.88. The van der Waals surface area contributed by atoms with E-state index in [4.69, 9.17) is 9.47 Å². The van der Waals surface area contributed by atoms with Gasteiger partial charge in [-0.05, 0) is 46.0 Å². The Morgan fingerprint density at radius 3 is 2.43 bits per heavy atom. The van der Waals surface area contributed by atoms with Gasteiger partial charge >= 0.3 is 5.97 Å². The maximum absolute atomic E-state index is 12.2. The molecule has 0 aromatic heterocycles. The number of rotatable bonds is 5. The van der Waals surface area contributed by atoms with Crippen molar-refractivity contribution in [3.63, 3.8) is 0 Å². The first-order chi connectivity index (χ1) is 9.94. The van der Waals surface area contributed by atoms with Crippen molar-refractivity contribution in [2.45, 2.75) is 71.1 Å². The molecular weight excluding hydrogens is 270 g/mol. The van der Waals surface area contributed by atoms with Gasteiger partial charge in [0, 0.05) is 32.2 Å². The summed E-state index contributed by atoms with van der Waals surface area (Å²) in [4.78, 5) is 23.4. The van der Waals surface area contributed by atoms with E-state index in [1.54, 1.807) is 6.92 Å². The van der Waals surface area contributed by atoms with Crippen molar-refractivity contribution >= 4 is 11.8 Å². The van der Waals surface area contributed by atoms with E-state index >= 15 is 0 Å². The van der Waals surface area contributed by atoms with Crippen molar-refractivity contribution in [3.8, 4) is 0 Å². The van der Waals surface area contributed by atoms with E-state index in [9.17, 15) is 9.59 Å². The van der Waals surface area contributed by atoms with Gasteiger partial charge in [0.1, 0.15) is 11.9 Å². The largest absolute Gasteiger partial charge is 0.462 e. The highest BCUT2D eigenvalue weighted by Gasteiger charge is 2.48. The molecule has 0 aromatic rings. The molecule has 2 aliphatic rings. The molecule has 1 saturated heterocycles. The Balaban J connectivity index is 1.97. The predicted molar refractivity (Wildman–Crippen MR) is 79.0 cm³/mol. The molecule has 0 bridgehead atoms. The van der Waals surface area contributed by atoms with Crippen LogP contribution in [0.15, 0.2) is 0 Å². The van der Waals surface area contributed by atoms with Crippen LogP contribution in [0.2, 0.25) is 0 Å². The highest BCUT2D eigenvalue weighted by atomic mass is 16.5. The van der Waals surface area contributed by atoms with Crippen LogP contribution in [0.5, 0.6) is 0 Å². The Kier molecular flexibility index (Phi) is 5.38. The summed E-state index contributed by atoms with van der Waals surface area (Å²) in [7, 11) is 0. The fourth-order valence-corrected chi connectivity index (χ4v) is 3.75. The summed E-state index contributed by atoms with van der Waals surface area (Å²) in [5.74, 6) is -0.184. The lowest BCUT2D eigenvalue weighted by molar-refractivity contribution is -0.156. The maximum Gasteiger partial charge on any atom is 0.302 e.